The molecule has 4 heteroatoms. The fourth-order valence-electron chi connectivity index (χ4n) is 2.75. The number of aliphatic hydroxyl groups excluding tert-OH is 1. The van der Waals surface area contributed by atoms with E-state index in [2.05, 4.69) is 22.9 Å². The van der Waals surface area contributed by atoms with Gasteiger partial charge in [-0.05, 0) is 46.8 Å². The highest BCUT2D eigenvalue weighted by Gasteiger charge is 2.43. The standard InChI is InChI=1S/C12H18BrNOS/c1-8-4-5-12(6-8,7-14)11(15)9-2-3-10(13)16-9/h2-3,8,11,15H,4-7,14H2,1H3. The van der Waals surface area contributed by atoms with E-state index in [1.54, 1.807) is 11.3 Å². The lowest BCUT2D eigenvalue weighted by atomic mass is 9.79. The highest BCUT2D eigenvalue weighted by molar-refractivity contribution is 9.11. The topological polar surface area (TPSA) is 46.2 Å². The van der Waals surface area contributed by atoms with Crippen LogP contribution in [0.1, 0.15) is 37.2 Å². The summed E-state index contributed by atoms with van der Waals surface area (Å²) in [6.07, 6.45) is 2.86. The fourth-order valence-corrected chi connectivity index (χ4v) is 4.31. The smallest absolute Gasteiger partial charge is 0.0950 e. The molecule has 1 saturated carbocycles. The number of aliphatic hydroxyl groups is 1. The second-order valence-corrected chi connectivity index (χ2v) is 7.45. The van der Waals surface area contributed by atoms with E-state index in [4.69, 9.17) is 5.73 Å². The van der Waals surface area contributed by atoms with Gasteiger partial charge in [0.1, 0.15) is 0 Å². The summed E-state index contributed by atoms with van der Waals surface area (Å²) < 4.78 is 1.07. The Labute approximate surface area is 109 Å². The molecule has 1 aromatic heterocycles. The van der Waals surface area contributed by atoms with Crippen molar-refractivity contribution in [2.45, 2.75) is 32.3 Å². The summed E-state index contributed by atoms with van der Waals surface area (Å²) in [4.78, 5) is 1.03. The van der Waals surface area contributed by atoms with E-state index < -0.39 is 6.10 Å². The Balaban J connectivity index is 2.22. The highest BCUT2D eigenvalue weighted by Crippen LogP contribution is 2.50. The molecule has 0 radical (unpaired) electrons. The monoisotopic (exact) mass is 303 g/mol. The van der Waals surface area contributed by atoms with Crippen LogP contribution in [0.15, 0.2) is 15.9 Å². The summed E-state index contributed by atoms with van der Waals surface area (Å²) in [5.41, 5.74) is 5.82. The van der Waals surface area contributed by atoms with Crippen LogP contribution in [0, 0.1) is 11.3 Å². The van der Waals surface area contributed by atoms with Crippen molar-refractivity contribution in [3.05, 3.63) is 20.8 Å². The van der Waals surface area contributed by atoms with Gasteiger partial charge in [-0.15, -0.1) is 11.3 Å². The van der Waals surface area contributed by atoms with Crippen LogP contribution in [-0.4, -0.2) is 11.7 Å². The first kappa shape index (κ1) is 12.6. The van der Waals surface area contributed by atoms with Crippen LogP contribution >= 0.6 is 27.3 Å². The molecule has 3 unspecified atom stereocenters. The first-order valence-electron chi connectivity index (χ1n) is 5.71. The van der Waals surface area contributed by atoms with Crippen molar-refractivity contribution in [1.29, 1.82) is 0 Å². The van der Waals surface area contributed by atoms with Gasteiger partial charge in [-0.3, -0.25) is 0 Å². The lowest BCUT2D eigenvalue weighted by molar-refractivity contribution is 0.0336. The Morgan fingerprint density at radius 1 is 1.69 bits per heavy atom. The molecule has 0 spiro atoms. The molecular formula is C12H18BrNOS. The van der Waals surface area contributed by atoms with Crippen LogP contribution in [-0.2, 0) is 0 Å². The highest BCUT2D eigenvalue weighted by atomic mass is 79.9. The first-order chi connectivity index (χ1) is 7.57. The zero-order valence-corrected chi connectivity index (χ0v) is 11.9. The maximum absolute atomic E-state index is 10.5. The maximum atomic E-state index is 10.5. The van der Waals surface area contributed by atoms with Gasteiger partial charge >= 0.3 is 0 Å². The van der Waals surface area contributed by atoms with Crippen molar-refractivity contribution in [2.24, 2.45) is 17.1 Å². The summed E-state index contributed by atoms with van der Waals surface area (Å²) in [5.74, 6) is 0.682. The van der Waals surface area contributed by atoms with Crippen LogP contribution < -0.4 is 5.73 Å². The maximum Gasteiger partial charge on any atom is 0.0950 e. The van der Waals surface area contributed by atoms with Gasteiger partial charge < -0.3 is 10.8 Å². The molecule has 0 bridgehead atoms. The lowest BCUT2D eigenvalue weighted by Crippen LogP contribution is -2.34. The molecule has 2 rings (SSSR count). The summed E-state index contributed by atoms with van der Waals surface area (Å²) >= 11 is 5.05. The summed E-state index contributed by atoms with van der Waals surface area (Å²) in [5, 5.41) is 10.5. The average Bonchev–Trinajstić information content (AvgIpc) is 2.85. The SMILES string of the molecule is CC1CCC(CN)(C(O)c2ccc(Br)s2)C1. The third-order valence-corrected chi connectivity index (χ3v) is 5.42. The van der Waals surface area contributed by atoms with Gasteiger partial charge in [0.05, 0.1) is 9.89 Å². The Hall–Kier alpha value is 0.1000. The second kappa shape index (κ2) is 4.77. The van der Waals surface area contributed by atoms with Crippen molar-refractivity contribution in [1.82, 2.24) is 0 Å². The number of rotatable bonds is 3. The van der Waals surface area contributed by atoms with Crippen molar-refractivity contribution in [3.8, 4) is 0 Å². The third-order valence-electron chi connectivity index (χ3n) is 3.74. The molecule has 2 nitrogen and oxygen atoms in total. The van der Waals surface area contributed by atoms with Crippen molar-refractivity contribution in [3.63, 3.8) is 0 Å². The quantitative estimate of drug-likeness (QED) is 0.900. The molecule has 3 N–H and O–H groups in total. The van der Waals surface area contributed by atoms with E-state index in [9.17, 15) is 5.11 Å². The molecule has 90 valence electrons. The number of hydrogen-bond acceptors (Lipinski definition) is 3. The molecule has 1 aromatic rings. The minimum atomic E-state index is -0.404. The van der Waals surface area contributed by atoms with E-state index in [0.717, 1.165) is 21.5 Å². The summed E-state index contributed by atoms with van der Waals surface area (Å²) in [6, 6.07) is 3.99. The summed E-state index contributed by atoms with van der Waals surface area (Å²) in [6.45, 7) is 2.82. The molecule has 1 aliphatic rings. The van der Waals surface area contributed by atoms with Gasteiger partial charge in [0.2, 0.25) is 0 Å². The van der Waals surface area contributed by atoms with Crippen LogP contribution in [0.4, 0.5) is 0 Å². The Bertz CT molecular complexity index is 368. The minimum Gasteiger partial charge on any atom is -0.387 e. The van der Waals surface area contributed by atoms with E-state index in [1.165, 1.54) is 6.42 Å². The third kappa shape index (κ3) is 2.21. The van der Waals surface area contributed by atoms with Gasteiger partial charge in [-0.2, -0.15) is 0 Å². The largest absolute Gasteiger partial charge is 0.387 e. The van der Waals surface area contributed by atoms with E-state index in [1.807, 2.05) is 12.1 Å². The number of hydrogen-bond donors (Lipinski definition) is 2. The predicted molar refractivity (Wildman–Crippen MR) is 71.5 cm³/mol. The molecule has 1 heterocycles. The van der Waals surface area contributed by atoms with Gasteiger partial charge in [-0.1, -0.05) is 13.3 Å². The molecule has 1 fully saturated rings. The molecule has 1 aliphatic carbocycles. The lowest BCUT2D eigenvalue weighted by Gasteiger charge is -2.32. The fraction of sp³-hybridized carbons (Fsp3) is 0.667. The number of halogens is 1. The number of thiophene rings is 1. The minimum absolute atomic E-state index is 0.0935. The van der Waals surface area contributed by atoms with Crippen LogP contribution in [0.25, 0.3) is 0 Å². The predicted octanol–water partition coefficient (Wildman–Crippen LogP) is 3.31. The van der Waals surface area contributed by atoms with E-state index in [-0.39, 0.29) is 5.41 Å². The normalized spacial score (nSPS) is 31.9. The van der Waals surface area contributed by atoms with Crippen molar-refractivity contribution < 1.29 is 5.11 Å². The first-order valence-corrected chi connectivity index (χ1v) is 7.32. The Kier molecular flexibility index (Phi) is 3.74. The van der Waals surface area contributed by atoms with Crippen LogP contribution in [0.3, 0.4) is 0 Å². The zero-order valence-electron chi connectivity index (χ0n) is 9.45. The van der Waals surface area contributed by atoms with E-state index in [0.29, 0.717) is 12.5 Å². The van der Waals surface area contributed by atoms with Gasteiger partial charge in [0.25, 0.3) is 0 Å². The molecular weight excluding hydrogens is 286 g/mol. The van der Waals surface area contributed by atoms with Gasteiger partial charge in [-0.25, -0.2) is 0 Å². The van der Waals surface area contributed by atoms with Crippen molar-refractivity contribution >= 4 is 27.3 Å². The van der Waals surface area contributed by atoms with Crippen molar-refractivity contribution in [2.75, 3.05) is 6.54 Å². The van der Waals surface area contributed by atoms with Crippen LogP contribution in [0.2, 0.25) is 0 Å². The molecule has 0 amide bonds. The molecule has 16 heavy (non-hydrogen) atoms. The van der Waals surface area contributed by atoms with E-state index >= 15 is 0 Å². The molecule has 0 aliphatic heterocycles. The number of nitrogens with two attached hydrogens (primary N) is 1. The second-order valence-electron chi connectivity index (χ2n) is 4.96. The molecule has 3 atom stereocenters. The zero-order chi connectivity index (χ0) is 11.8. The van der Waals surface area contributed by atoms with Crippen LogP contribution in [0.5, 0.6) is 0 Å². The molecule has 0 saturated heterocycles. The molecule has 0 aromatic carbocycles. The van der Waals surface area contributed by atoms with Gasteiger partial charge in [0.15, 0.2) is 0 Å². The summed E-state index contributed by atoms with van der Waals surface area (Å²) in [7, 11) is 0. The van der Waals surface area contributed by atoms with Gasteiger partial charge in [0, 0.05) is 16.8 Å². The Morgan fingerprint density at radius 3 is 2.88 bits per heavy atom. The Morgan fingerprint density at radius 2 is 2.44 bits per heavy atom. The average molecular weight is 304 g/mol.